The van der Waals surface area contributed by atoms with Crippen molar-refractivity contribution >= 4 is 16.8 Å². The van der Waals surface area contributed by atoms with Crippen LogP contribution in [0.4, 0.5) is 0 Å². The number of fused-ring (bicyclic) bond motifs is 1. The molecule has 0 saturated heterocycles. The lowest BCUT2D eigenvalue weighted by atomic mass is 9.92. The molecule has 1 fully saturated rings. The van der Waals surface area contributed by atoms with Crippen LogP contribution in [0.25, 0.3) is 10.9 Å². The van der Waals surface area contributed by atoms with Crippen molar-refractivity contribution in [3.63, 3.8) is 0 Å². The van der Waals surface area contributed by atoms with E-state index in [-0.39, 0.29) is 18.1 Å². The second-order valence-electron chi connectivity index (χ2n) is 7.49. The fourth-order valence-corrected chi connectivity index (χ4v) is 4.03. The first-order valence-corrected chi connectivity index (χ1v) is 9.98. The average molecular weight is 394 g/mol. The van der Waals surface area contributed by atoms with Gasteiger partial charge in [0.2, 0.25) is 5.91 Å². The number of hydrogen-bond acceptors (Lipinski definition) is 5. The first-order valence-electron chi connectivity index (χ1n) is 9.98. The molecular weight excluding hydrogens is 368 g/mol. The number of rotatable bonds is 6. The molecule has 3 aromatic rings. The highest BCUT2D eigenvalue weighted by atomic mass is 16.5. The minimum absolute atomic E-state index is 0.0619. The van der Waals surface area contributed by atoms with E-state index < -0.39 is 0 Å². The summed E-state index contributed by atoms with van der Waals surface area (Å²) in [6, 6.07) is 8.35. The minimum atomic E-state index is 0.0619. The monoisotopic (exact) mass is 394 g/mol. The number of amides is 1. The number of methoxy groups -OCH3 is 1. The lowest BCUT2D eigenvalue weighted by Gasteiger charge is -2.29. The first-order chi connectivity index (χ1) is 14.1. The zero-order chi connectivity index (χ0) is 20.2. The second-order valence-corrected chi connectivity index (χ2v) is 7.49. The highest BCUT2D eigenvalue weighted by Crippen LogP contribution is 2.27. The number of aromatic nitrogens is 3. The summed E-state index contributed by atoms with van der Waals surface area (Å²) in [5.41, 5.74) is 2.21. The van der Waals surface area contributed by atoms with Crippen LogP contribution in [0.2, 0.25) is 0 Å². The van der Waals surface area contributed by atoms with E-state index in [0.717, 1.165) is 42.1 Å². The third kappa shape index (κ3) is 4.34. The highest BCUT2D eigenvalue weighted by Gasteiger charge is 2.25. The number of hydrogen-bond donors (Lipinski definition) is 1. The first kappa shape index (κ1) is 19.2. The summed E-state index contributed by atoms with van der Waals surface area (Å²) >= 11 is 0. The molecule has 2 heterocycles. The molecule has 0 radical (unpaired) electrons. The van der Waals surface area contributed by atoms with Crippen molar-refractivity contribution in [2.24, 2.45) is 7.05 Å². The Kier molecular flexibility index (Phi) is 5.64. The van der Waals surface area contributed by atoms with Crippen LogP contribution >= 0.6 is 0 Å². The largest absolute Gasteiger partial charge is 0.477 e. The molecule has 1 aliphatic carbocycles. The average Bonchev–Trinajstić information content (AvgIpc) is 3.05. The van der Waals surface area contributed by atoms with Gasteiger partial charge in [0.15, 0.2) is 0 Å². The lowest BCUT2D eigenvalue weighted by molar-refractivity contribution is -0.121. The van der Waals surface area contributed by atoms with E-state index in [2.05, 4.69) is 32.0 Å². The van der Waals surface area contributed by atoms with Gasteiger partial charge in [0.25, 0.3) is 11.8 Å². The molecule has 0 unspecified atom stereocenters. The Labute approximate surface area is 170 Å². The second kappa shape index (κ2) is 8.51. The Hall–Kier alpha value is -3.09. The van der Waals surface area contributed by atoms with Gasteiger partial charge in [0.05, 0.1) is 13.5 Å². The maximum absolute atomic E-state index is 12.6. The number of aryl methyl sites for hydroxylation is 1. The molecule has 4 rings (SSSR count). The Bertz CT molecular complexity index is 993. The van der Waals surface area contributed by atoms with Crippen molar-refractivity contribution in [3.05, 3.63) is 48.4 Å². The van der Waals surface area contributed by atoms with Crippen molar-refractivity contribution in [3.8, 4) is 11.8 Å². The maximum atomic E-state index is 12.6. The van der Waals surface area contributed by atoms with Crippen LogP contribution in [0, 0.1) is 0 Å². The van der Waals surface area contributed by atoms with Gasteiger partial charge < -0.3 is 19.4 Å². The summed E-state index contributed by atoms with van der Waals surface area (Å²) in [4.78, 5) is 20.9. The predicted octanol–water partition coefficient (Wildman–Crippen LogP) is 3.03. The minimum Gasteiger partial charge on any atom is -0.477 e. The van der Waals surface area contributed by atoms with Crippen molar-refractivity contribution in [2.75, 3.05) is 7.11 Å². The molecule has 1 N–H and O–H groups in total. The fraction of sp³-hybridized carbons (Fsp3) is 0.409. The van der Waals surface area contributed by atoms with Gasteiger partial charge >= 0.3 is 0 Å². The Morgan fingerprint density at radius 2 is 1.86 bits per heavy atom. The van der Waals surface area contributed by atoms with E-state index in [1.165, 1.54) is 0 Å². The molecule has 1 saturated carbocycles. The van der Waals surface area contributed by atoms with Crippen molar-refractivity contribution in [2.45, 2.75) is 44.2 Å². The van der Waals surface area contributed by atoms with Gasteiger partial charge in [-0.1, -0.05) is 18.2 Å². The smallest absolute Gasteiger partial charge is 0.278 e. The van der Waals surface area contributed by atoms with Crippen LogP contribution in [0.5, 0.6) is 11.8 Å². The van der Waals surface area contributed by atoms with E-state index in [9.17, 15) is 4.79 Å². The number of nitrogens with zero attached hydrogens (tertiary/aromatic N) is 3. The summed E-state index contributed by atoms with van der Waals surface area (Å²) in [5.74, 6) is 0.901. The number of benzene rings is 1. The molecule has 7 heteroatoms. The molecule has 0 spiro atoms. The topological polar surface area (TPSA) is 78.3 Å². The summed E-state index contributed by atoms with van der Waals surface area (Å²) < 4.78 is 13.2. The third-order valence-corrected chi connectivity index (χ3v) is 5.47. The summed E-state index contributed by atoms with van der Waals surface area (Å²) in [6.07, 6.45) is 9.16. The van der Waals surface area contributed by atoms with Crippen LogP contribution < -0.4 is 14.8 Å². The lowest BCUT2D eigenvalue weighted by Crippen LogP contribution is -2.40. The maximum Gasteiger partial charge on any atom is 0.278 e. The van der Waals surface area contributed by atoms with Crippen molar-refractivity contribution in [1.82, 2.24) is 19.9 Å². The molecule has 152 valence electrons. The Morgan fingerprint density at radius 3 is 2.62 bits per heavy atom. The summed E-state index contributed by atoms with van der Waals surface area (Å²) in [7, 11) is 3.57. The van der Waals surface area contributed by atoms with Gasteiger partial charge in [-0.25, -0.2) is 9.97 Å². The van der Waals surface area contributed by atoms with E-state index >= 15 is 0 Å². The predicted molar refractivity (Wildman–Crippen MR) is 110 cm³/mol. The summed E-state index contributed by atoms with van der Waals surface area (Å²) in [5, 5.41) is 4.33. The van der Waals surface area contributed by atoms with Gasteiger partial charge in [0.1, 0.15) is 6.10 Å². The molecule has 1 aromatic carbocycles. The quantitative estimate of drug-likeness (QED) is 0.695. The number of ether oxygens (including phenoxy) is 2. The van der Waals surface area contributed by atoms with Gasteiger partial charge in [0, 0.05) is 42.6 Å². The van der Waals surface area contributed by atoms with Crippen LogP contribution in [0.3, 0.4) is 0 Å². The zero-order valence-corrected chi connectivity index (χ0v) is 16.8. The molecule has 0 atom stereocenters. The number of para-hydroxylation sites is 1. The zero-order valence-electron chi connectivity index (χ0n) is 16.8. The van der Waals surface area contributed by atoms with Crippen LogP contribution in [-0.4, -0.2) is 39.7 Å². The fourth-order valence-electron chi connectivity index (χ4n) is 4.03. The number of carbonyl (C=O) groups is 1. The van der Waals surface area contributed by atoms with Crippen LogP contribution in [0.15, 0.2) is 42.9 Å². The molecular formula is C22H26N4O3. The summed E-state index contributed by atoms with van der Waals surface area (Å²) in [6.45, 7) is 0. The number of nitrogens with one attached hydrogen (secondary N) is 1. The molecule has 1 aliphatic rings. The van der Waals surface area contributed by atoms with Crippen LogP contribution in [0.1, 0.15) is 31.2 Å². The molecule has 1 amide bonds. The van der Waals surface area contributed by atoms with E-state index in [1.54, 1.807) is 19.5 Å². The van der Waals surface area contributed by atoms with Gasteiger partial charge in [-0.05, 0) is 37.3 Å². The highest BCUT2D eigenvalue weighted by molar-refractivity contribution is 5.89. The van der Waals surface area contributed by atoms with Crippen molar-refractivity contribution in [1.29, 1.82) is 0 Å². The Balaban J connectivity index is 1.30. The third-order valence-electron chi connectivity index (χ3n) is 5.47. The molecule has 0 aliphatic heterocycles. The standard InChI is InChI=1S/C22H26N4O3/c1-26-14-15(18-5-3-4-6-19(18)26)13-20(27)25-16-7-9-17(10-8-16)29-22-21(28-2)23-11-12-24-22/h3-6,11-12,14,16-17H,7-10,13H2,1-2H3,(H,25,27). The van der Waals surface area contributed by atoms with Gasteiger partial charge in [-0.3, -0.25) is 4.79 Å². The normalized spacial score (nSPS) is 19.1. The van der Waals surface area contributed by atoms with Gasteiger partial charge in [-0.15, -0.1) is 0 Å². The van der Waals surface area contributed by atoms with E-state index in [4.69, 9.17) is 9.47 Å². The van der Waals surface area contributed by atoms with Gasteiger partial charge in [-0.2, -0.15) is 0 Å². The van der Waals surface area contributed by atoms with E-state index in [0.29, 0.717) is 18.2 Å². The number of carbonyl (C=O) groups excluding carboxylic acids is 1. The molecule has 7 nitrogen and oxygen atoms in total. The SMILES string of the molecule is COc1nccnc1OC1CCC(NC(=O)Cc2cn(C)c3ccccc23)CC1. The van der Waals surface area contributed by atoms with Crippen molar-refractivity contribution < 1.29 is 14.3 Å². The van der Waals surface area contributed by atoms with Crippen LogP contribution in [-0.2, 0) is 18.3 Å². The van der Waals surface area contributed by atoms with E-state index in [1.807, 2.05) is 25.4 Å². The molecule has 0 bridgehead atoms. The Morgan fingerprint density at radius 1 is 1.14 bits per heavy atom. The molecule has 2 aromatic heterocycles. The molecule has 29 heavy (non-hydrogen) atoms.